The molecule has 0 aliphatic heterocycles. The molecule has 19 heavy (non-hydrogen) atoms. The van der Waals surface area contributed by atoms with Crippen LogP contribution >= 0.6 is 12.4 Å². The lowest BCUT2D eigenvalue weighted by Gasteiger charge is -2.26. The molecule has 0 saturated heterocycles. The van der Waals surface area contributed by atoms with E-state index in [2.05, 4.69) is 5.32 Å². The summed E-state index contributed by atoms with van der Waals surface area (Å²) in [5.41, 5.74) is 7.08. The Balaban J connectivity index is 0.00000180. The number of hydrogen-bond acceptors (Lipinski definition) is 3. The number of fused-ring (bicyclic) bond motifs is 1. The second kappa shape index (κ2) is 5.90. The molecule has 4 N–H and O–H groups in total. The topological polar surface area (TPSA) is 75.4 Å². The lowest BCUT2D eigenvalue weighted by molar-refractivity contribution is -0.130. The van der Waals surface area contributed by atoms with Crippen molar-refractivity contribution in [2.75, 3.05) is 6.54 Å². The van der Waals surface area contributed by atoms with E-state index in [0.29, 0.717) is 6.42 Å². The van der Waals surface area contributed by atoms with Crippen LogP contribution in [-0.4, -0.2) is 23.7 Å². The Morgan fingerprint density at radius 2 is 2.11 bits per heavy atom. The van der Waals surface area contributed by atoms with Gasteiger partial charge in [0.05, 0.1) is 17.6 Å². The Labute approximate surface area is 119 Å². The summed E-state index contributed by atoms with van der Waals surface area (Å²) < 4.78 is 0. The lowest BCUT2D eigenvalue weighted by atomic mass is 9.92. The summed E-state index contributed by atoms with van der Waals surface area (Å²) in [5.74, 6) is -0.120. The largest absolute Gasteiger partial charge is 0.390 e. The average Bonchev–Trinajstić information content (AvgIpc) is 2.66. The van der Waals surface area contributed by atoms with Gasteiger partial charge in [-0.2, -0.15) is 0 Å². The molecule has 4 nitrogen and oxygen atoms in total. The van der Waals surface area contributed by atoms with Crippen molar-refractivity contribution in [1.29, 1.82) is 0 Å². The molecule has 106 valence electrons. The van der Waals surface area contributed by atoms with Gasteiger partial charge in [-0.1, -0.05) is 24.3 Å². The van der Waals surface area contributed by atoms with Crippen LogP contribution in [0.4, 0.5) is 0 Å². The Bertz CT molecular complexity index is 463. The molecule has 1 aliphatic rings. The first kappa shape index (κ1) is 16.0. The molecule has 1 aromatic rings. The van der Waals surface area contributed by atoms with E-state index in [1.165, 1.54) is 0 Å². The van der Waals surface area contributed by atoms with Gasteiger partial charge in [0.15, 0.2) is 0 Å². The Morgan fingerprint density at radius 3 is 2.74 bits per heavy atom. The van der Waals surface area contributed by atoms with Crippen molar-refractivity contribution in [3.8, 4) is 0 Å². The molecule has 2 rings (SSSR count). The zero-order valence-corrected chi connectivity index (χ0v) is 12.0. The molecule has 1 amide bonds. The highest BCUT2D eigenvalue weighted by atomic mass is 35.5. The molecule has 0 saturated carbocycles. The van der Waals surface area contributed by atoms with Crippen LogP contribution in [0, 0.1) is 5.41 Å². The van der Waals surface area contributed by atoms with Crippen molar-refractivity contribution in [2.45, 2.75) is 32.4 Å². The second-order valence-corrected chi connectivity index (χ2v) is 5.51. The number of amides is 1. The lowest BCUT2D eigenvalue weighted by Crippen LogP contribution is -2.45. The summed E-state index contributed by atoms with van der Waals surface area (Å²) in [6, 6.07) is 7.48. The van der Waals surface area contributed by atoms with Crippen LogP contribution in [0.3, 0.4) is 0 Å². The van der Waals surface area contributed by atoms with Crippen molar-refractivity contribution in [2.24, 2.45) is 11.1 Å². The summed E-state index contributed by atoms with van der Waals surface area (Å²) in [4.78, 5) is 12.1. The van der Waals surface area contributed by atoms with E-state index in [4.69, 9.17) is 5.73 Å². The summed E-state index contributed by atoms with van der Waals surface area (Å²) in [6.07, 6.45) is 0.0318. The first-order chi connectivity index (χ1) is 8.45. The van der Waals surface area contributed by atoms with Gasteiger partial charge in [0.1, 0.15) is 0 Å². The number of aliphatic hydroxyl groups excluding tert-OH is 1. The predicted molar refractivity (Wildman–Crippen MR) is 77.1 cm³/mol. The van der Waals surface area contributed by atoms with Gasteiger partial charge in [-0.25, -0.2) is 0 Å². The van der Waals surface area contributed by atoms with Crippen molar-refractivity contribution in [1.82, 2.24) is 5.32 Å². The van der Waals surface area contributed by atoms with E-state index in [-0.39, 0.29) is 30.9 Å². The maximum absolute atomic E-state index is 12.1. The van der Waals surface area contributed by atoms with Gasteiger partial charge in [-0.15, -0.1) is 12.4 Å². The normalized spacial score (nSPS) is 21.5. The predicted octanol–water partition coefficient (Wildman–Crippen LogP) is 1.17. The van der Waals surface area contributed by atoms with Gasteiger partial charge < -0.3 is 16.2 Å². The Morgan fingerprint density at radius 1 is 1.47 bits per heavy atom. The quantitative estimate of drug-likeness (QED) is 0.780. The molecular weight excluding hydrogens is 264 g/mol. The molecule has 5 heteroatoms. The fraction of sp³-hybridized carbons (Fsp3) is 0.500. The number of aliphatic hydroxyl groups is 1. The Hall–Kier alpha value is -1.10. The first-order valence-corrected chi connectivity index (χ1v) is 6.22. The molecule has 2 atom stereocenters. The summed E-state index contributed by atoms with van der Waals surface area (Å²) in [5, 5.41) is 13.0. The first-order valence-electron chi connectivity index (χ1n) is 6.22. The highest BCUT2D eigenvalue weighted by molar-refractivity contribution is 5.85. The van der Waals surface area contributed by atoms with Gasteiger partial charge in [0.25, 0.3) is 0 Å². The number of nitrogens with two attached hydrogens (primary N) is 1. The van der Waals surface area contributed by atoms with Crippen LogP contribution in [0.1, 0.15) is 31.0 Å². The summed E-state index contributed by atoms with van der Waals surface area (Å²) >= 11 is 0. The van der Waals surface area contributed by atoms with Gasteiger partial charge in [0.2, 0.25) is 5.91 Å². The van der Waals surface area contributed by atoms with Crippen LogP contribution in [-0.2, 0) is 11.2 Å². The number of nitrogens with one attached hydrogen (secondary N) is 1. The highest BCUT2D eigenvalue weighted by Crippen LogP contribution is 2.32. The van der Waals surface area contributed by atoms with Gasteiger partial charge in [-0.3, -0.25) is 4.79 Å². The number of benzene rings is 1. The molecule has 1 aromatic carbocycles. The number of hydrogen-bond donors (Lipinski definition) is 3. The molecule has 0 radical (unpaired) electrons. The third kappa shape index (κ3) is 3.08. The van der Waals surface area contributed by atoms with E-state index < -0.39 is 11.5 Å². The Kier molecular flexibility index (Phi) is 4.96. The standard InChI is InChI=1S/C14H20N2O2.ClH/c1-14(2,8-15)13(18)16-12-10-6-4-3-5-9(10)7-11(12)17;/h3-6,11-12,17H,7-8,15H2,1-2H3,(H,16,18);1H/t11-,12+;/m1./s1. The third-order valence-electron chi connectivity index (χ3n) is 3.62. The van der Waals surface area contributed by atoms with Crippen LogP contribution in [0.5, 0.6) is 0 Å². The molecule has 0 heterocycles. The SMILES string of the molecule is CC(C)(CN)C(=O)N[C@H]1c2ccccc2C[C@H]1O.Cl. The van der Waals surface area contributed by atoms with Crippen LogP contribution in [0.15, 0.2) is 24.3 Å². The van der Waals surface area contributed by atoms with Crippen molar-refractivity contribution < 1.29 is 9.90 Å². The third-order valence-corrected chi connectivity index (χ3v) is 3.62. The maximum atomic E-state index is 12.1. The second-order valence-electron chi connectivity index (χ2n) is 5.51. The van der Waals surface area contributed by atoms with Crippen LogP contribution < -0.4 is 11.1 Å². The zero-order valence-electron chi connectivity index (χ0n) is 11.2. The van der Waals surface area contributed by atoms with E-state index in [0.717, 1.165) is 11.1 Å². The van der Waals surface area contributed by atoms with Crippen molar-refractivity contribution in [3.05, 3.63) is 35.4 Å². The zero-order chi connectivity index (χ0) is 13.3. The average molecular weight is 285 g/mol. The van der Waals surface area contributed by atoms with E-state index >= 15 is 0 Å². The van der Waals surface area contributed by atoms with Gasteiger partial charge >= 0.3 is 0 Å². The van der Waals surface area contributed by atoms with Crippen molar-refractivity contribution >= 4 is 18.3 Å². The fourth-order valence-electron chi connectivity index (χ4n) is 2.18. The van der Waals surface area contributed by atoms with E-state index in [1.807, 2.05) is 24.3 Å². The monoisotopic (exact) mass is 284 g/mol. The minimum atomic E-state index is -0.614. The molecule has 0 aromatic heterocycles. The maximum Gasteiger partial charge on any atom is 0.227 e. The highest BCUT2D eigenvalue weighted by Gasteiger charge is 2.35. The molecule has 0 fully saturated rings. The number of rotatable bonds is 3. The minimum absolute atomic E-state index is 0. The van der Waals surface area contributed by atoms with Crippen molar-refractivity contribution in [3.63, 3.8) is 0 Å². The van der Waals surface area contributed by atoms with E-state index in [9.17, 15) is 9.90 Å². The van der Waals surface area contributed by atoms with Crippen LogP contribution in [0.25, 0.3) is 0 Å². The van der Waals surface area contributed by atoms with E-state index in [1.54, 1.807) is 13.8 Å². The molecular formula is C14H21ClN2O2. The molecule has 0 spiro atoms. The molecule has 0 unspecified atom stereocenters. The van der Waals surface area contributed by atoms with Gasteiger partial charge in [-0.05, 0) is 25.0 Å². The number of carbonyl (C=O) groups is 1. The molecule has 0 bridgehead atoms. The summed E-state index contributed by atoms with van der Waals surface area (Å²) in [6.45, 7) is 3.88. The van der Waals surface area contributed by atoms with Gasteiger partial charge in [0, 0.05) is 13.0 Å². The number of carbonyl (C=O) groups excluding carboxylic acids is 1. The minimum Gasteiger partial charge on any atom is -0.390 e. The molecule has 1 aliphatic carbocycles. The van der Waals surface area contributed by atoms with Crippen LogP contribution in [0.2, 0.25) is 0 Å². The fourth-order valence-corrected chi connectivity index (χ4v) is 2.18. The smallest absolute Gasteiger partial charge is 0.227 e. The summed E-state index contributed by atoms with van der Waals surface area (Å²) in [7, 11) is 0. The number of halogens is 1.